The Kier molecular flexibility index (Phi) is 2.60. The Morgan fingerprint density at radius 1 is 1.33 bits per heavy atom. The molecule has 1 saturated heterocycles. The van der Waals surface area contributed by atoms with Gasteiger partial charge in [-0.25, -0.2) is 4.98 Å². The summed E-state index contributed by atoms with van der Waals surface area (Å²) in [7, 11) is 0. The molecule has 0 aliphatic carbocycles. The van der Waals surface area contributed by atoms with Gasteiger partial charge in [-0.2, -0.15) is 0 Å². The minimum absolute atomic E-state index is 0.836. The third-order valence-electron chi connectivity index (χ3n) is 2.87. The van der Waals surface area contributed by atoms with Crippen molar-refractivity contribution < 1.29 is 4.74 Å². The van der Waals surface area contributed by atoms with Crippen LogP contribution < -0.4 is 10.2 Å². The van der Waals surface area contributed by atoms with E-state index in [2.05, 4.69) is 10.2 Å². The SMILES string of the molecule is C1Cc2nc(N3CCOCC3)sc2CN1. The number of nitrogens with one attached hydrogen (secondary N) is 1. The van der Waals surface area contributed by atoms with E-state index in [1.54, 1.807) is 0 Å². The molecule has 0 bridgehead atoms. The van der Waals surface area contributed by atoms with Gasteiger partial charge in [-0.05, 0) is 0 Å². The van der Waals surface area contributed by atoms with Gasteiger partial charge >= 0.3 is 0 Å². The highest BCUT2D eigenvalue weighted by Gasteiger charge is 2.19. The van der Waals surface area contributed by atoms with Gasteiger partial charge in [0.25, 0.3) is 0 Å². The molecule has 0 amide bonds. The second-order valence-electron chi connectivity index (χ2n) is 3.89. The van der Waals surface area contributed by atoms with Crippen LogP contribution in [0.25, 0.3) is 0 Å². The van der Waals surface area contributed by atoms with Crippen molar-refractivity contribution in [2.24, 2.45) is 0 Å². The van der Waals surface area contributed by atoms with Crippen molar-refractivity contribution in [2.45, 2.75) is 13.0 Å². The zero-order valence-electron chi connectivity index (χ0n) is 8.66. The van der Waals surface area contributed by atoms with Crippen molar-refractivity contribution in [3.05, 3.63) is 10.6 Å². The molecule has 4 nitrogen and oxygen atoms in total. The first-order valence-electron chi connectivity index (χ1n) is 5.45. The molecule has 1 fully saturated rings. The molecule has 3 rings (SSSR count). The van der Waals surface area contributed by atoms with Gasteiger partial charge < -0.3 is 15.0 Å². The molecule has 5 heteroatoms. The molecule has 0 aromatic carbocycles. The molecule has 3 heterocycles. The van der Waals surface area contributed by atoms with Crippen molar-refractivity contribution in [2.75, 3.05) is 37.7 Å². The monoisotopic (exact) mass is 225 g/mol. The highest BCUT2D eigenvalue weighted by Crippen LogP contribution is 2.28. The summed E-state index contributed by atoms with van der Waals surface area (Å²) in [5.41, 5.74) is 1.31. The lowest BCUT2D eigenvalue weighted by molar-refractivity contribution is 0.122. The highest BCUT2D eigenvalue weighted by atomic mass is 32.1. The van der Waals surface area contributed by atoms with Gasteiger partial charge in [0.15, 0.2) is 5.13 Å². The van der Waals surface area contributed by atoms with Gasteiger partial charge in [0.2, 0.25) is 0 Å². The zero-order chi connectivity index (χ0) is 10.1. The molecule has 0 atom stereocenters. The third-order valence-corrected chi connectivity index (χ3v) is 4.03. The quantitative estimate of drug-likeness (QED) is 0.760. The normalized spacial score (nSPS) is 21.5. The number of aromatic nitrogens is 1. The van der Waals surface area contributed by atoms with Crippen LogP contribution in [0.3, 0.4) is 0 Å². The maximum atomic E-state index is 5.35. The smallest absolute Gasteiger partial charge is 0.185 e. The number of morpholine rings is 1. The van der Waals surface area contributed by atoms with Crippen LogP contribution in [0.5, 0.6) is 0 Å². The minimum Gasteiger partial charge on any atom is -0.378 e. The van der Waals surface area contributed by atoms with Gasteiger partial charge in [0.05, 0.1) is 18.9 Å². The lowest BCUT2D eigenvalue weighted by Crippen LogP contribution is -2.36. The fourth-order valence-electron chi connectivity index (χ4n) is 2.00. The molecule has 1 aromatic heterocycles. The Bertz CT molecular complexity index is 323. The van der Waals surface area contributed by atoms with Gasteiger partial charge in [0, 0.05) is 37.5 Å². The molecular formula is C10H15N3OS. The molecule has 2 aliphatic heterocycles. The predicted octanol–water partition coefficient (Wildman–Crippen LogP) is 0.625. The summed E-state index contributed by atoms with van der Waals surface area (Å²) in [6.07, 6.45) is 1.08. The van der Waals surface area contributed by atoms with Crippen molar-refractivity contribution in [3.63, 3.8) is 0 Å². The van der Waals surface area contributed by atoms with Gasteiger partial charge in [-0.1, -0.05) is 0 Å². The molecule has 1 aromatic rings. The Morgan fingerprint density at radius 2 is 2.20 bits per heavy atom. The Labute approximate surface area is 93.3 Å². The number of anilines is 1. The molecule has 0 unspecified atom stereocenters. The highest BCUT2D eigenvalue weighted by molar-refractivity contribution is 7.15. The third kappa shape index (κ3) is 1.87. The van der Waals surface area contributed by atoms with E-state index in [1.807, 2.05) is 11.3 Å². The Balaban J connectivity index is 1.82. The molecule has 2 aliphatic rings. The molecule has 0 radical (unpaired) electrons. The minimum atomic E-state index is 0.836. The summed E-state index contributed by atoms with van der Waals surface area (Å²) < 4.78 is 5.35. The van der Waals surface area contributed by atoms with Crippen LogP contribution in [0.2, 0.25) is 0 Å². The number of fused-ring (bicyclic) bond motifs is 1. The second kappa shape index (κ2) is 4.08. The van der Waals surface area contributed by atoms with Crippen LogP contribution in [0.1, 0.15) is 10.6 Å². The summed E-state index contributed by atoms with van der Waals surface area (Å²) in [6, 6.07) is 0. The van der Waals surface area contributed by atoms with Gasteiger partial charge in [-0.15, -0.1) is 11.3 Å². The zero-order valence-corrected chi connectivity index (χ0v) is 9.48. The first kappa shape index (κ1) is 9.57. The summed E-state index contributed by atoms with van der Waals surface area (Å²) in [6.45, 7) is 5.71. The van der Waals surface area contributed by atoms with E-state index in [0.29, 0.717) is 0 Å². The van der Waals surface area contributed by atoms with Crippen molar-refractivity contribution >= 4 is 16.5 Å². The second-order valence-corrected chi connectivity index (χ2v) is 4.95. The van der Waals surface area contributed by atoms with Crippen LogP contribution in [-0.4, -0.2) is 37.8 Å². The first-order chi connectivity index (χ1) is 7.43. The number of rotatable bonds is 1. The number of thiazole rings is 1. The number of hydrogen-bond acceptors (Lipinski definition) is 5. The van der Waals surface area contributed by atoms with Crippen LogP contribution in [0.4, 0.5) is 5.13 Å². The topological polar surface area (TPSA) is 37.4 Å². The van der Waals surface area contributed by atoms with Crippen molar-refractivity contribution in [3.8, 4) is 0 Å². The molecule has 0 spiro atoms. The van der Waals surface area contributed by atoms with Crippen LogP contribution in [0, 0.1) is 0 Å². The largest absolute Gasteiger partial charge is 0.378 e. The van der Waals surface area contributed by atoms with Crippen molar-refractivity contribution in [1.82, 2.24) is 10.3 Å². The van der Waals surface area contributed by atoms with E-state index in [4.69, 9.17) is 9.72 Å². The fourth-order valence-corrected chi connectivity index (χ4v) is 3.13. The molecule has 82 valence electrons. The van der Waals surface area contributed by atoms with Gasteiger partial charge in [-0.3, -0.25) is 0 Å². The summed E-state index contributed by atoms with van der Waals surface area (Å²) in [4.78, 5) is 8.48. The maximum Gasteiger partial charge on any atom is 0.185 e. The standard InChI is InChI=1S/C10H15N3OS/c1-2-11-7-9-8(1)12-10(15-9)13-3-5-14-6-4-13/h11H,1-7H2. The lowest BCUT2D eigenvalue weighted by atomic mass is 10.2. The molecule has 15 heavy (non-hydrogen) atoms. The Morgan fingerprint density at radius 3 is 3.00 bits per heavy atom. The van der Waals surface area contributed by atoms with E-state index < -0.39 is 0 Å². The summed E-state index contributed by atoms with van der Waals surface area (Å²) in [5.74, 6) is 0. The average Bonchev–Trinajstić information content (AvgIpc) is 2.74. The van der Waals surface area contributed by atoms with Crippen molar-refractivity contribution in [1.29, 1.82) is 0 Å². The summed E-state index contributed by atoms with van der Waals surface area (Å²) >= 11 is 1.84. The van der Waals surface area contributed by atoms with Crippen LogP contribution in [0.15, 0.2) is 0 Å². The first-order valence-corrected chi connectivity index (χ1v) is 6.27. The van der Waals surface area contributed by atoms with E-state index >= 15 is 0 Å². The summed E-state index contributed by atoms with van der Waals surface area (Å²) in [5, 5.41) is 4.57. The predicted molar refractivity (Wildman–Crippen MR) is 60.6 cm³/mol. The molecule has 0 saturated carbocycles. The average molecular weight is 225 g/mol. The number of ether oxygens (including phenoxy) is 1. The maximum absolute atomic E-state index is 5.35. The van der Waals surface area contributed by atoms with Crippen LogP contribution in [-0.2, 0) is 17.7 Å². The molecular weight excluding hydrogens is 210 g/mol. The van der Waals surface area contributed by atoms with E-state index in [-0.39, 0.29) is 0 Å². The number of hydrogen-bond donors (Lipinski definition) is 1. The van der Waals surface area contributed by atoms with Gasteiger partial charge in [0.1, 0.15) is 0 Å². The molecule has 1 N–H and O–H groups in total. The van der Waals surface area contributed by atoms with E-state index in [9.17, 15) is 0 Å². The van der Waals surface area contributed by atoms with E-state index in [1.165, 1.54) is 15.7 Å². The Hall–Kier alpha value is -0.650. The lowest BCUT2D eigenvalue weighted by Gasteiger charge is -2.26. The van der Waals surface area contributed by atoms with E-state index in [0.717, 1.165) is 45.8 Å². The number of nitrogens with zero attached hydrogens (tertiary/aromatic N) is 2. The van der Waals surface area contributed by atoms with Crippen LogP contribution >= 0.6 is 11.3 Å². The fraction of sp³-hybridized carbons (Fsp3) is 0.700.